The molecule has 2 aromatic rings. The molecular weight excluding hydrogens is 318 g/mol. The number of hydrogen-bond acceptors (Lipinski definition) is 2. The van der Waals surface area contributed by atoms with Crippen molar-refractivity contribution in [2.24, 2.45) is 0 Å². The summed E-state index contributed by atoms with van der Waals surface area (Å²) in [6, 6.07) is 13.7. The number of nitrogens with one attached hydrogen (secondary N) is 1. The molecule has 0 fully saturated rings. The smallest absolute Gasteiger partial charge is 0.0391 e. The Hall–Kier alpha value is -0.640. The molecule has 0 spiro atoms. The second-order valence-electron chi connectivity index (χ2n) is 4.82. The molecule has 1 aromatic carbocycles. The fraction of sp³-hybridized carbons (Fsp3) is 0.375. The van der Waals surface area contributed by atoms with Gasteiger partial charge in [0.2, 0.25) is 0 Å². The lowest BCUT2D eigenvalue weighted by Crippen LogP contribution is -2.21. The number of aryl methyl sites for hydroxylation is 1. The predicted molar refractivity (Wildman–Crippen MR) is 87.8 cm³/mol. The van der Waals surface area contributed by atoms with Gasteiger partial charge in [-0.2, -0.15) is 0 Å². The summed E-state index contributed by atoms with van der Waals surface area (Å²) in [6.45, 7) is 6.66. The maximum Gasteiger partial charge on any atom is 0.0391 e. The molecule has 0 aliphatic rings. The van der Waals surface area contributed by atoms with Gasteiger partial charge in [0, 0.05) is 26.3 Å². The molecule has 0 saturated heterocycles. The van der Waals surface area contributed by atoms with Crippen molar-refractivity contribution in [2.45, 2.75) is 39.3 Å². The summed E-state index contributed by atoms with van der Waals surface area (Å²) in [4.78, 5) is 2.87. The monoisotopic (exact) mass is 337 g/mol. The van der Waals surface area contributed by atoms with Gasteiger partial charge in [0.15, 0.2) is 0 Å². The van der Waals surface area contributed by atoms with Gasteiger partial charge < -0.3 is 5.32 Å². The highest BCUT2D eigenvalue weighted by atomic mass is 79.9. The lowest BCUT2D eigenvalue weighted by molar-refractivity contribution is 0.500. The van der Waals surface area contributed by atoms with Gasteiger partial charge >= 0.3 is 0 Å². The first kappa shape index (κ1) is 14.8. The van der Waals surface area contributed by atoms with Crippen LogP contribution in [0.5, 0.6) is 0 Å². The van der Waals surface area contributed by atoms with Gasteiger partial charge in [-0.15, -0.1) is 11.3 Å². The average Bonchev–Trinajstić information content (AvgIpc) is 2.87. The standard InChI is InChI=1S/C16H20BrNS/c1-4-15-8-9-16(19-15)12(3)18-11(2)13-6-5-7-14(17)10-13/h5-12,18H,4H2,1-3H3/t11-,12?/m1/s1. The van der Waals surface area contributed by atoms with Crippen LogP contribution in [0, 0.1) is 0 Å². The molecular formula is C16H20BrNS. The van der Waals surface area contributed by atoms with Crippen LogP contribution in [0.25, 0.3) is 0 Å². The number of rotatable bonds is 5. The SMILES string of the molecule is CCc1ccc(C(C)N[C@H](C)c2cccc(Br)c2)s1. The van der Waals surface area contributed by atoms with Gasteiger partial charge in [-0.05, 0) is 50.1 Å². The van der Waals surface area contributed by atoms with Crippen LogP contribution in [0.15, 0.2) is 40.9 Å². The maximum atomic E-state index is 3.67. The largest absolute Gasteiger partial charge is 0.303 e. The Labute approximate surface area is 128 Å². The molecule has 0 saturated carbocycles. The molecule has 0 bridgehead atoms. The summed E-state index contributed by atoms with van der Waals surface area (Å²) in [7, 11) is 0. The first-order valence-corrected chi connectivity index (χ1v) is 8.31. The molecule has 1 heterocycles. The minimum atomic E-state index is 0.347. The summed E-state index contributed by atoms with van der Waals surface area (Å²) in [6.07, 6.45) is 1.12. The fourth-order valence-corrected chi connectivity index (χ4v) is 3.53. The molecule has 2 atom stereocenters. The Morgan fingerprint density at radius 1 is 1.16 bits per heavy atom. The van der Waals surface area contributed by atoms with Gasteiger partial charge in [-0.3, -0.25) is 0 Å². The molecule has 1 nitrogen and oxygen atoms in total. The van der Waals surface area contributed by atoms with Crippen molar-refractivity contribution in [1.82, 2.24) is 5.32 Å². The van der Waals surface area contributed by atoms with Crippen LogP contribution in [0.4, 0.5) is 0 Å². The Morgan fingerprint density at radius 3 is 2.58 bits per heavy atom. The lowest BCUT2D eigenvalue weighted by atomic mass is 10.1. The van der Waals surface area contributed by atoms with Crippen molar-refractivity contribution < 1.29 is 0 Å². The van der Waals surface area contributed by atoms with E-state index in [2.05, 4.69) is 78.4 Å². The predicted octanol–water partition coefficient (Wildman–Crippen LogP) is 5.48. The van der Waals surface area contributed by atoms with Crippen molar-refractivity contribution in [2.75, 3.05) is 0 Å². The summed E-state index contributed by atoms with van der Waals surface area (Å²) in [5.41, 5.74) is 1.31. The fourth-order valence-electron chi connectivity index (χ4n) is 2.15. The van der Waals surface area contributed by atoms with E-state index in [-0.39, 0.29) is 0 Å². The highest BCUT2D eigenvalue weighted by Gasteiger charge is 2.12. The second kappa shape index (κ2) is 6.69. The molecule has 0 amide bonds. The van der Waals surface area contributed by atoms with Crippen LogP contribution in [0.3, 0.4) is 0 Å². The molecule has 102 valence electrons. The zero-order valence-electron chi connectivity index (χ0n) is 11.6. The van der Waals surface area contributed by atoms with Crippen molar-refractivity contribution in [3.63, 3.8) is 0 Å². The van der Waals surface area contributed by atoms with E-state index in [4.69, 9.17) is 0 Å². The molecule has 3 heteroatoms. The molecule has 1 N–H and O–H groups in total. The number of halogens is 1. The van der Waals surface area contributed by atoms with Crippen LogP contribution in [-0.2, 0) is 6.42 Å². The van der Waals surface area contributed by atoms with E-state index in [1.807, 2.05) is 11.3 Å². The number of benzene rings is 1. The number of thiophene rings is 1. The van der Waals surface area contributed by atoms with Gasteiger partial charge in [0.25, 0.3) is 0 Å². The molecule has 0 aliphatic carbocycles. The van der Waals surface area contributed by atoms with E-state index < -0.39 is 0 Å². The van der Waals surface area contributed by atoms with Crippen LogP contribution in [0.2, 0.25) is 0 Å². The van der Waals surface area contributed by atoms with Crippen LogP contribution < -0.4 is 5.32 Å². The van der Waals surface area contributed by atoms with Gasteiger partial charge in [0.05, 0.1) is 0 Å². The zero-order valence-corrected chi connectivity index (χ0v) is 14.0. The summed E-state index contributed by atoms with van der Waals surface area (Å²) >= 11 is 5.44. The molecule has 1 aromatic heterocycles. The Balaban J connectivity index is 2.03. The minimum absolute atomic E-state index is 0.347. The first-order chi connectivity index (χ1) is 9.10. The van der Waals surface area contributed by atoms with Gasteiger partial charge in [0.1, 0.15) is 0 Å². The topological polar surface area (TPSA) is 12.0 Å². The van der Waals surface area contributed by atoms with Crippen LogP contribution in [-0.4, -0.2) is 0 Å². The van der Waals surface area contributed by atoms with Crippen molar-refractivity contribution in [3.8, 4) is 0 Å². The summed E-state index contributed by atoms with van der Waals surface area (Å²) < 4.78 is 1.13. The lowest BCUT2D eigenvalue weighted by Gasteiger charge is -2.19. The van der Waals surface area contributed by atoms with E-state index in [1.165, 1.54) is 15.3 Å². The van der Waals surface area contributed by atoms with Crippen LogP contribution in [0.1, 0.15) is 48.2 Å². The third-order valence-electron chi connectivity index (χ3n) is 3.31. The van der Waals surface area contributed by atoms with E-state index in [0.717, 1.165) is 10.9 Å². The highest BCUT2D eigenvalue weighted by molar-refractivity contribution is 9.10. The summed E-state index contributed by atoms with van der Waals surface area (Å²) in [5, 5.41) is 3.67. The third-order valence-corrected chi connectivity index (χ3v) is 5.21. The molecule has 19 heavy (non-hydrogen) atoms. The average molecular weight is 338 g/mol. The normalized spacial score (nSPS) is 14.3. The van der Waals surface area contributed by atoms with Gasteiger partial charge in [-0.1, -0.05) is 35.0 Å². The molecule has 2 rings (SSSR count). The van der Waals surface area contributed by atoms with E-state index in [0.29, 0.717) is 12.1 Å². The maximum absolute atomic E-state index is 3.67. The van der Waals surface area contributed by atoms with Crippen LogP contribution >= 0.6 is 27.3 Å². The highest BCUT2D eigenvalue weighted by Crippen LogP contribution is 2.26. The van der Waals surface area contributed by atoms with Crippen molar-refractivity contribution >= 4 is 27.3 Å². The Bertz CT molecular complexity index is 535. The van der Waals surface area contributed by atoms with Gasteiger partial charge in [-0.25, -0.2) is 0 Å². The van der Waals surface area contributed by atoms with E-state index in [1.54, 1.807) is 0 Å². The zero-order chi connectivity index (χ0) is 13.8. The quantitative estimate of drug-likeness (QED) is 0.761. The minimum Gasteiger partial charge on any atom is -0.303 e. The van der Waals surface area contributed by atoms with E-state index >= 15 is 0 Å². The van der Waals surface area contributed by atoms with Crippen molar-refractivity contribution in [3.05, 3.63) is 56.2 Å². The third kappa shape index (κ3) is 3.91. The molecule has 0 aliphatic heterocycles. The first-order valence-electron chi connectivity index (χ1n) is 6.70. The second-order valence-corrected chi connectivity index (χ2v) is 6.94. The van der Waals surface area contributed by atoms with Crippen molar-refractivity contribution in [1.29, 1.82) is 0 Å². The summed E-state index contributed by atoms with van der Waals surface area (Å²) in [5.74, 6) is 0. The molecule has 0 radical (unpaired) electrons. The van der Waals surface area contributed by atoms with E-state index in [9.17, 15) is 0 Å². The Kier molecular flexibility index (Phi) is 5.20. The number of hydrogen-bond donors (Lipinski definition) is 1. The molecule has 1 unspecified atom stereocenters. The Morgan fingerprint density at radius 2 is 1.95 bits per heavy atom.